The Labute approximate surface area is 96.7 Å². The Kier molecular flexibility index (Phi) is 5.46. The van der Waals surface area contributed by atoms with E-state index in [-0.39, 0.29) is 6.61 Å². The predicted octanol–water partition coefficient (Wildman–Crippen LogP) is 1.73. The Balaban J connectivity index is 2.09. The summed E-state index contributed by atoms with van der Waals surface area (Å²) >= 11 is 0. The minimum atomic E-state index is -0.976. The van der Waals surface area contributed by atoms with Crippen LogP contribution in [-0.4, -0.2) is 29.0 Å². The van der Waals surface area contributed by atoms with Gasteiger partial charge in [0, 0.05) is 6.61 Å². The molecule has 0 saturated carbocycles. The van der Waals surface area contributed by atoms with Crippen molar-refractivity contribution in [3.8, 4) is 0 Å². The summed E-state index contributed by atoms with van der Waals surface area (Å²) in [6.07, 6.45) is 1.30. The lowest BCUT2D eigenvalue weighted by Crippen LogP contribution is -2.29. The van der Waals surface area contributed by atoms with E-state index in [0.29, 0.717) is 19.6 Å². The van der Waals surface area contributed by atoms with Crippen LogP contribution in [0.4, 0.5) is 0 Å². The van der Waals surface area contributed by atoms with Crippen LogP contribution in [0.25, 0.3) is 0 Å². The van der Waals surface area contributed by atoms with Gasteiger partial charge in [-0.15, -0.1) is 0 Å². The minimum Gasteiger partial charge on any atom is -0.393 e. The van der Waals surface area contributed by atoms with Crippen molar-refractivity contribution in [1.29, 1.82) is 0 Å². The first kappa shape index (κ1) is 13.2. The molecule has 0 bridgehead atoms. The molecule has 1 unspecified atom stereocenters. The maximum absolute atomic E-state index is 9.53. The van der Waals surface area contributed by atoms with Crippen LogP contribution >= 0.6 is 0 Å². The second kappa shape index (κ2) is 6.63. The van der Waals surface area contributed by atoms with Gasteiger partial charge in [0.1, 0.15) is 0 Å². The van der Waals surface area contributed by atoms with Crippen LogP contribution in [-0.2, 0) is 11.3 Å². The highest BCUT2D eigenvalue weighted by atomic mass is 16.5. The zero-order valence-electron chi connectivity index (χ0n) is 9.72. The van der Waals surface area contributed by atoms with Crippen molar-refractivity contribution >= 4 is 0 Å². The summed E-state index contributed by atoms with van der Waals surface area (Å²) in [5.74, 6) is 0. The lowest BCUT2D eigenvalue weighted by molar-refractivity contribution is -0.0134. The summed E-state index contributed by atoms with van der Waals surface area (Å²) in [5, 5.41) is 18.4. The minimum absolute atomic E-state index is 0.203. The van der Waals surface area contributed by atoms with Crippen LogP contribution in [0.2, 0.25) is 0 Å². The van der Waals surface area contributed by atoms with E-state index in [4.69, 9.17) is 9.84 Å². The van der Waals surface area contributed by atoms with E-state index in [1.807, 2.05) is 30.3 Å². The number of benzene rings is 1. The molecule has 1 atom stereocenters. The van der Waals surface area contributed by atoms with E-state index < -0.39 is 5.60 Å². The zero-order valence-corrected chi connectivity index (χ0v) is 9.72. The first-order chi connectivity index (χ1) is 7.64. The van der Waals surface area contributed by atoms with E-state index in [1.54, 1.807) is 6.92 Å². The Morgan fingerprint density at radius 2 is 1.94 bits per heavy atom. The van der Waals surface area contributed by atoms with Crippen molar-refractivity contribution in [3.05, 3.63) is 35.9 Å². The Morgan fingerprint density at radius 1 is 1.25 bits per heavy atom. The van der Waals surface area contributed by atoms with Gasteiger partial charge in [0.2, 0.25) is 0 Å². The lowest BCUT2D eigenvalue weighted by atomic mass is 10.0. The maximum Gasteiger partial charge on any atom is 0.0850 e. The Morgan fingerprint density at radius 3 is 2.56 bits per heavy atom. The smallest absolute Gasteiger partial charge is 0.0850 e. The van der Waals surface area contributed by atoms with Gasteiger partial charge in [-0.2, -0.15) is 0 Å². The third kappa shape index (κ3) is 5.26. The van der Waals surface area contributed by atoms with E-state index in [2.05, 4.69) is 0 Å². The predicted molar refractivity (Wildman–Crippen MR) is 63.0 cm³/mol. The molecule has 1 rings (SSSR count). The number of hydrogen-bond acceptors (Lipinski definition) is 3. The van der Waals surface area contributed by atoms with Gasteiger partial charge in [-0.05, 0) is 25.3 Å². The maximum atomic E-state index is 9.53. The third-order valence-corrected chi connectivity index (χ3v) is 2.46. The molecule has 0 aliphatic rings. The molecule has 0 spiro atoms. The van der Waals surface area contributed by atoms with Crippen LogP contribution in [0.15, 0.2) is 30.3 Å². The van der Waals surface area contributed by atoms with E-state index in [0.717, 1.165) is 12.0 Å². The van der Waals surface area contributed by atoms with Gasteiger partial charge in [0.25, 0.3) is 0 Å². The van der Waals surface area contributed by atoms with Crippen LogP contribution in [0.5, 0.6) is 0 Å². The van der Waals surface area contributed by atoms with Gasteiger partial charge in [-0.25, -0.2) is 0 Å². The average molecular weight is 224 g/mol. The van der Waals surface area contributed by atoms with Crippen molar-refractivity contribution in [2.75, 3.05) is 13.2 Å². The number of hydrogen-bond donors (Lipinski definition) is 2. The number of aliphatic hydroxyl groups is 2. The summed E-state index contributed by atoms with van der Waals surface area (Å²) in [6.45, 7) is 2.63. The highest BCUT2D eigenvalue weighted by Crippen LogP contribution is 2.11. The lowest BCUT2D eigenvalue weighted by Gasteiger charge is -2.19. The summed E-state index contributed by atoms with van der Waals surface area (Å²) in [7, 11) is 0. The van der Waals surface area contributed by atoms with Gasteiger partial charge in [0.05, 0.1) is 18.8 Å². The summed E-state index contributed by atoms with van der Waals surface area (Å²) < 4.78 is 5.47. The fourth-order valence-electron chi connectivity index (χ4n) is 1.40. The normalized spacial score (nSPS) is 14.7. The van der Waals surface area contributed by atoms with Crippen molar-refractivity contribution in [2.45, 2.75) is 32.0 Å². The molecule has 1 aromatic carbocycles. The molecule has 2 N–H and O–H groups in total. The topological polar surface area (TPSA) is 49.7 Å². The van der Waals surface area contributed by atoms with Gasteiger partial charge in [-0.3, -0.25) is 0 Å². The first-order valence-corrected chi connectivity index (χ1v) is 5.59. The molecule has 0 fully saturated rings. The molecule has 16 heavy (non-hydrogen) atoms. The molecule has 3 heteroatoms. The van der Waals surface area contributed by atoms with Gasteiger partial charge < -0.3 is 14.9 Å². The molecule has 0 radical (unpaired) electrons. The molecular weight excluding hydrogens is 204 g/mol. The highest BCUT2D eigenvalue weighted by molar-refractivity contribution is 5.13. The van der Waals surface area contributed by atoms with Crippen molar-refractivity contribution < 1.29 is 14.9 Å². The van der Waals surface area contributed by atoms with E-state index in [9.17, 15) is 5.11 Å². The van der Waals surface area contributed by atoms with Crippen LogP contribution in [0, 0.1) is 0 Å². The third-order valence-electron chi connectivity index (χ3n) is 2.46. The molecule has 0 amide bonds. The Hall–Kier alpha value is -0.900. The zero-order chi connectivity index (χ0) is 11.9. The standard InChI is InChI=1S/C13H20O3/c1-13(15,11-14)8-5-9-16-10-12-6-3-2-4-7-12/h2-4,6-7,14-15H,5,8-11H2,1H3. The van der Waals surface area contributed by atoms with Gasteiger partial charge in [-0.1, -0.05) is 30.3 Å². The first-order valence-electron chi connectivity index (χ1n) is 5.59. The second-order valence-electron chi connectivity index (χ2n) is 4.30. The molecular formula is C13H20O3. The number of ether oxygens (including phenoxy) is 1. The highest BCUT2D eigenvalue weighted by Gasteiger charge is 2.17. The van der Waals surface area contributed by atoms with E-state index >= 15 is 0 Å². The quantitative estimate of drug-likeness (QED) is 0.693. The number of rotatable bonds is 7. The molecule has 1 aromatic rings. The van der Waals surface area contributed by atoms with E-state index in [1.165, 1.54) is 0 Å². The molecule has 0 aliphatic carbocycles. The number of aliphatic hydroxyl groups excluding tert-OH is 1. The average Bonchev–Trinajstić information content (AvgIpc) is 2.30. The van der Waals surface area contributed by atoms with Gasteiger partial charge >= 0.3 is 0 Å². The molecule has 0 saturated heterocycles. The molecule has 0 heterocycles. The molecule has 0 aromatic heterocycles. The monoisotopic (exact) mass is 224 g/mol. The van der Waals surface area contributed by atoms with Crippen LogP contribution < -0.4 is 0 Å². The largest absolute Gasteiger partial charge is 0.393 e. The van der Waals surface area contributed by atoms with Crippen LogP contribution in [0.3, 0.4) is 0 Å². The summed E-state index contributed by atoms with van der Waals surface area (Å²) in [6, 6.07) is 9.97. The van der Waals surface area contributed by atoms with Crippen molar-refractivity contribution in [3.63, 3.8) is 0 Å². The Bertz CT molecular complexity index is 282. The molecule has 0 aliphatic heterocycles. The fourth-order valence-corrected chi connectivity index (χ4v) is 1.40. The second-order valence-corrected chi connectivity index (χ2v) is 4.30. The molecule has 3 nitrogen and oxygen atoms in total. The van der Waals surface area contributed by atoms with Crippen molar-refractivity contribution in [2.24, 2.45) is 0 Å². The van der Waals surface area contributed by atoms with Gasteiger partial charge in [0.15, 0.2) is 0 Å². The SMILES string of the molecule is CC(O)(CO)CCCOCc1ccccc1. The fraction of sp³-hybridized carbons (Fsp3) is 0.538. The summed E-state index contributed by atoms with van der Waals surface area (Å²) in [4.78, 5) is 0. The molecule has 90 valence electrons. The van der Waals surface area contributed by atoms with Crippen molar-refractivity contribution in [1.82, 2.24) is 0 Å². The summed E-state index contributed by atoms with van der Waals surface area (Å²) in [5.41, 5.74) is 0.173. The van der Waals surface area contributed by atoms with Crippen LogP contribution in [0.1, 0.15) is 25.3 Å².